The van der Waals surface area contributed by atoms with E-state index in [0.29, 0.717) is 0 Å². The van der Waals surface area contributed by atoms with Gasteiger partial charge in [-0.05, 0) is 92.4 Å². The second kappa shape index (κ2) is 8.93. The minimum absolute atomic E-state index is 0.192. The lowest BCUT2D eigenvalue weighted by atomic mass is 9.76. The highest BCUT2D eigenvalue weighted by atomic mass is 15.2. The van der Waals surface area contributed by atoms with Gasteiger partial charge in [-0.1, -0.05) is 121 Å². The SMILES string of the molecule is C1=CC2=C(C1)C1c3ccccc3-c3c(ccc4c5c(ccc34)N3c4ccccc4C4=C(CC=C4)C3c3ccccc3-5)N1c1ccccc12. The molecular weight excluding hydrogens is 581 g/mol. The Morgan fingerprint density at radius 2 is 0.812 bits per heavy atom. The standard InChI is InChI=1S/C46H30N2/c1-3-15-37-31(13-1)43-33-23-26-42-44(34(33)24-25-41(43)47-39-21-7-5-11-29(39)27-17-9-19-35(27)45(37)47)32-14-2-4-16-38(32)46-36-20-10-18-28(36)30-12-6-8-22-40(30)48(42)46/h1-18,21-26,45-46H,19-20H2. The maximum Gasteiger partial charge on any atom is 0.0823 e. The highest BCUT2D eigenvalue weighted by Crippen LogP contribution is 2.62. The first-order valence-corrected chi connectivity index (χ1v) is 17.2. The van der Waals surface area contributed by atoms with Crippen LogP contribution in [-0.4, -0.2) is 0 Å². The molecule has 0 saturated carbocycles. The van der Waals surface area contributed by atoms with Crippen LogP contribution in [0.25, 0.3) is 44.2 Å². The second-order valence-electron chi connectivity index (χ2n) is 13.9. The lowest BCUT2D eigenvalue weighted by Gasteiger charge is -2.46. The Morgan fingerprint density at radius 1 is 0.396 bits per heavy atom. The first-order chi connectivity index (χ1) is 23.9. The number of allylic oxidation sites excluding steroid dienone is 6. The minimum atomic E-state index is 0.192. The van der Waals surface area contributed by atoms with E-state index < -0.39 is 0 Å². The number of fused-ring (bicyclic) bond motifs is 23. The second-order valence-corrected chi connectivity index (χ2v) is 13.9. The Kier molecular flexibility index (Phi) is 4.70. The van der Waals surface area contributed by atoms with E-state index in [9.17, 15) is 0 Å². The third-order valence-electron chi connectivity index (χ3n) is 11.7. The third-order valence-corrected chi connectivity index (χ3v) is 11.7. The molecule has 12 rings (SSSR count). The van der Waals surface area contributed by atoms with Gasteiger partial charge in [0.2, 0.25) is 0 Å². The normalized spacial score (nSPS) is 19.9. The van der Waals surface area contributed by atoms with Crippen molar-refractivity contribution in [3.05, 3.63) is 179 Å². The van der Waals surface area contributed by atoms with Crippen molar-refractivity contribution in [1.82, 2.24) is 0 Å². The maximum atomic E-state index is 2.64. The summed E-state index contributed by atoms with van der Waals surface area (Å²) in [4.78, 5) is 5.29. The van der Waals surface area contributed by atoms with Crippen LogP contribution in [0, 0.1) is 0 Å². The van der Waals surface area contributed by atoms with Crippen molar-refractivity contribution in [3.8, 4) is 22.3 Å². The molecule has 0 N–H and O–H groups in total. The molecule has 48 heavy (non-hydrogen) atoms. The van der Waals surface area contributed by atoms with Crippen LogP contribution in [0.5, 0.6) is 0 Å². The van der Waals surface area contributed by atoms with E-state index in [0.717, 1.165) is 12.8 Å². The largest absolute Gasteiger partial charge is 0.329 e. The molecule has 0 radical (unpaired) electrons. The monoisotopic (exact) mass is 610 g/mol. The van der Waals surface area contributed by atoms with Gasteiger partial charge in [0.05, 0.1) is 23.5 Å². The van der Waals surface area contributed by atoms with Crippen molar-refractivity contribution in [1.29, 1.82) is 0 Å². The third kappa shape index (κ3) is 2.96. The predicted molar refractivity (Wildman–Crippen MR) is 199 cm³/mol. The molecule has 6 aromatic rings. The molecule has 0 spiro atoms. The fourth-order valence-electron chi connectivity index (χ4n) is 9.97. The van der Waals surface area contributed by atoms with Crippen molar-refractivity contribution < 1.29 is 0 Å². The number of hydrogen-bond acceptors (Lipinski definition) is 2. The zero-order valence-electron chi connectivity index (χ0n) is 26.3. The molecule has 0 aromatic heterocycles. The van der Waals surface area contributed by atoms with Crippen LogP contribution < -0.4 is 9.80 Å². The summed E-state index contributed by atoms with van der Waals surface area (Å²) in [5.41, 5.74) is 21.9. The van der Waals surface area contributed by atoms with E-state index >= 15 is 0 Å². The van der Waals surface area contributed by atoms with Crippen molar-refractivity contribution in [3.63, 3.8) is 0 Å². The van der Waals surface area contributed by atoms with Gasteiger partial charge in [0.1, 0.15) is 0 Å². The Balaban J connectivity index is 1.16. The Labute approximate surface area is 279 Å². The number of anilines is 4. The molecule has 0 bridgehead atoms. The molecule has 6 aromatic carbocycles. The summed E-state index contributed by atoms with van der Waals surface area (Å²) in [6, 6.07) is 46.4. The number of benzene rings is 6. The summed E-state index contributed by atoms with van der Waals surface area (Å²) in [6.45, 7) is 0. The Hall–Kier alpha value is -5.86. The molecule has 6 aliphatic rings. The predicted octanol–water partition coefficient (Wildman–Crippen LogP) is 12.0. The summed E-state index contributed by atoms with van der Waals surface area (Å²) in [5, 5.41) is 2.64. The van der Waals surface area contributed by atoms with Crippen LogP contribution in [0.2, 0.25) is 0 Å². The topological polar surface area (TPSA) is 6.48 Å². The molecule has 2 heteroatoms. The van der Waals surface area contributed by atoms with E-state index in [2.05, 4.69) is 155 Å². The molecule has 4 heterocycles. The lowest BCUT2D eigenvalue weighted by molar-refractivity contribution is 0.770. The van der Waals surface area contributed by atoms with Gasteiger partial charge in [-0.3, -0.25) is 0 Å². The van der Waals surface area contributed by atoms with E-state index in [4.69, 9.17) is 0 Å². The van der Waals surface area contributed by atoms with E-state index in [1.807, 2.05) is 0 Å². The molecule has 0 fully saturated rings. The number of para-hydroxylation sites is 2. The first kappa shape index (κ1) is 25.3. The van der Waals surface area contributed by atoms with Crippen LogP contribution in [-0.2, 0) is 0 Å². The maximum absolute atomic E-state index is 2.64. The van der Waals surface area contributed by atoms with Gasteiger partial charge < -0.3 is 9.80 Å². The van der Waals surface area contributed by atoms with Crippen LogP contribution >= 0.6 is 0 Å². The van der Waals surface area contributed by atoms with Gasteiger partial charge in [0, 0.05) is 33.6 Å². The van der Waals surface area contributed by atoms with Gasteiger partial charge in [-0.15, -0.1) is 0 Å². The summed E-state index contributed by atoms with van der Waals surface area (Å²) in [6.07, 6.45) is 11.4. The smallest absolute Gasteiger partial charge is 0.0823 e. The fraction of sp³-hybridized carbons (Fsp3) is 0.0870. The highest BCUT2D eigenvalue weighted by molar-refractivity contribution is 6.16. The van der Waals surface area contributed by atoms with Crippen molar-refractivity contribution in [2.45, 2.75) is 24.9 Å². The Bertz CT molecular complexity index is 2410. The number of nitrogens with zero attached hydrogens (tertiary/aromatic N) is 2. The molecule has 4 aliphatic heterocycles. The highest BCUT2D eigenvalue weighted by Gasteiger charge is 2.43. The van der Waals surface area contributed by atoms with Gasteiger partial charge in [-0.2, -0.15) is 0 Å². The molecule has 2 nitrogen and oxygen atoms in total. The number of rotatable bonds is 0. The van der Waals surface area contributed by atoms with Crippen molar-refractivity contribution >= 4 is 44.7 Å². The van der Waals surface area contributed by atoms with Crippen LogP contribution in [0.15, 0.2) is 157 Å². The molecule has 0 saturated heterocycles. The first-order valence-electron chi connectivity index (χ1n) is 17.2. The molecule has 2 unspecified atom stereocenters. The summed E-state index contributed by atoms with van der Waals surface area (Å²) >= 11 is 0. The summed E-state index contributed by atoms with van der Waals surface area (Å²) in [7, 11) is 0. The van der Waals surface area contributed by atoms with Crippen molar-refractivity contribution in [2.24, 2.45) is 0 Å². The van der Waals surface area contributed by atoms with Gasteiger partial charge in [0.25, 0.3) is 0 Å². The lowest BCUT2D eigenvalue weighted by Crippen LogP contribution is -2.33. The minimum Gasteiger partial charge on any atom is -0.329 e. The van der Waals surface area contributed by atoms with Crippen LogP contribution in [0.4, 0.5) is 22.7 Å². The Morgan fingerprint density at radius 3 is 1.29 bits per heavy atom. The average Bonchev–Trinajstić information content (AvgIpc) is 3.85. The quantitative estimate of drug-likeness (QED) is 0.169. The van der Waals surface area contributed by atoms with Crippen LogP contribution in [0.3, 0.4) is 0 Å². The zero-order chi connectivity index (χ0) is 31.1. The summed E-state index contributed by atoms with van der Waals surface area (Å²) in [5.74, 6) is 0. The van der Waals surface area contributed by atoms with E-state index in [1.165, 1.54) is 100 Å². The molecule has 0 amide bonds. The van der Waals surface area contributed by atoms with Gasteiger partial charge in [0.15, 0.2) is 0 Å². The summed E-state index contributed by atoms with van der Waals surface area (Å²) < 4.78 is 0. The molecular formula is C46H30N2. The zero-order valence-corrected chi connectivity index (χ0v) is 26.3. The van der Waals surface area contributed by atoms with Crippen LogP contribution in [0.1, 0.15) is 47.2 Å². The molecule has 2 atom stereocenters. The average molecular weight is 611 g/mol. The van der Waals surface area contributed by atoms with Gasteiger partial charge >= 0.3 is 0 Å². The van der Waals surface area contributed by atoms with Crippen molar-refractivity contribution in [2.75, 3.05) is 9.80 Å². The van der Waals surface area contributed by atoms with E-state index in [-0.39, 0.29) is 12.1 Å². The number of hydrogen-bond donors (Lipinski definition) is 0. The molecule has 2 aliphatic carbocycles. The molecule has 224 valence electrons. The fourth-order valence-corrected chi connectivity index (χ4v) is 9.97. The van der Waals surface area contributed by atoms with Gasteiger partial charge in [-0.25, -0.2) is 0 Å². The van der Waals surface area contributed by atoms with E-state index in [1.54, 1.807) is 0 Å².